The van der Waals surface area contributed by atoms with Gasteiger partial charge in [0.15, 0.2) is 6.20 Å². The minimum atomic E-state index is -4.73. The number of benzene rings is 2. The summed E-state index contributed by atoms with van der Waals surface area (Å²) in [7, 11) is 0. The van der Waals surface area contributed by atoms with Crippen molar-refractivity contribution in [1.82, 2.24) is 0 Å². The van der Waals surface area contributed by atoms with E-state index >= 15 is 0 Å². The number of pyridine rings is 1. The molecular formula is C21H15F3N2O2S. The molecule has 4 rings (SSSR count). The molecule has 0 spiro atoms. The Morgan fingerprint density at radius 1 is 0.966 bits per heavy atom. The van der Waals surface area contributed by atoms with Gasteiger partial charge < -0.3 is 14.8 Å². The van der Waals surface area contributed by atoms with E-state index in [2.05, 4.69) is 4.74 Å². The monoisotopic (exact) mass is 416 g/mol. The molecule has 0 N–H and O–H groups in total. The number of ether oxygens (including phenoxy) is 1. The van der Waals surface area contributed by atoms with Crippen molar-refractivity contribution in [2.45, 2.75) is 12.9 Å². The first-order valence-electron chi connectivity index (χ1n) is 8.66. The molecular weight excluding hydrogens is 401 g/mol. The highest BCUT2D eigenvalue weighted by atomic mass is 32.1. The predicted octanol–water partition coefficient (Wildman–Crippen LogP) is 5.77. The van der Waals surface area contributed by atoms with Crippen molar-refractivity contribution in [2.24, 2.45) is 0 Å². The molecule has 0 aliphatic rings. The van der Waals surface area contributed by atoms with Crippen molar-refractivity contribution >= 4 is 33.6 Å². The van der Waals surface area contributed by atoms with E-state index < -0.39 is 6.36 Å². The number of thiophene rings is 1. The molecule has 0 radical (unpaired) electrons. The Bertz CT molecular complexity index is 1110. The van der Waals surface area contributed by atoms with Crippen LogP contribution in [0.25, 0.3) is 10.9 Å². The zero-order valence-corrected chi connectivity index (χ0v) is 15.8. The Morgan fingerprint density at radius 3 is 2.41 bits per heavy atom. The fourth-order valence-corrected chi connectivity index (χ4v) is 3.79. The lowest BCUT2D eigenvalue weighted by atomic mass is 10.1. The molecule has 2 heterocycles. The molecule has 4 aromatic rings. The summed E-state index contributed by atoms with van der Waals surface area (Å²) < 4.78 is 42.1. The molecule has 0 fully saturated rings. The van der Waals surface area contributed by atoms with E-state index in [0.29, 0.717) is 17.7 Å². The van der Waals surface area contributed by atoms with Crippen molar-refractivity contribution in [3.8, 4) is 5.75 Å². The third-order valence-corrected chi connectivity index (χ3v) is 5.10. The lowest BCUT2D eigenvalue weighted by Gasteiger charge is -2.24. The zero-order chi connectivity index (χ0) is 20.4. The Balaban J connectivity index is 1.71. The van der Waals surface area contributed by atoms with Gasteiger partial charge in [0.25, 0.3) is 0 Å². The molecule has 148 valence electrons. The number of fused-ring (bicyclic) bond motifs is 1. The van der Waals surface area contributed by atoms with Gasteiger partial charge in [0, 0.05) is 29.7 Å². The van der Waals surface area contributed by atoms with E-state index in [-0.39, 0.29) is 5.75 Å². The van der Waals surface area contributed by atoms with Gasteiger partial charge in [0.2, 0.25) is 5.52 Å². The first-order valence-corrected chi connectivity index (χ1v) is 9.60. The highest BCUT2D eigenvalue weighted by Crippen LogP contribution is 2.33. The van der Waals surface area contributed by atoms with E-state index in [0.717, 1.165) is 21.4 Å². The summed E-state index contributed by atoms with van der Waals surface area (Å²) in [5, 5.41) is 16.8. The second-order valence-electron chi connectivity index (χ2n) is 6.29. The number of alkyl halides is 3. The summed E-state index contributed by atoms with van der Waals surface area (Å²) in [5.74, 6) is -0.274. The Labute approximate surface area is 168 Å². The van der Waals surface area contributed by atoms with Crippen molar-refractivity contribution < 1.29 is 22.6 Å². The largest absolute Gasteiger partial charge is 0.618 e. The van der Waals surface area contributed by atoms with Crippen LogP contribution in [0.1, 0.15) is 5.56 Å². The van der Waals surface area contributed by atoms with Crippen LogP contribution in [0.15, 0.2) is 77.6 Å². The van der Waals surface area contributed by atoms with E-state index in [4.69, 9.17) is 0 Å². The number of rotatable bonds is 5. The summed E-state index contributed by atoms with van der Waals surface area (Å²) in [6.45, 7) is 0.442. The van der Waals surface area contributed by atoms with Crippen LogP contribution in [0.4, 0.5) is 24.5 Å². The maximum atomic E-state index is 12.4. The average molecular weight is 416 g/mol. The summed E-state index contributed by atoms with van der Waals surface area (Å²) in [5.41, 5.74) is 3.10. The number of aromatic nitrogens is 1. The second kappa shape index (κ2) is 7.63. The summed E-state index contributed by atoms with van der Waals surface area (Å²) in [6.07, 6.45) is -3.27. The Hall–Kier alpha value is -3.26. The molecule has 0 aliphatic heterocycles. The first kappa shape index (κ1) is 19.1. The van der Waals surface area contributed by atoms with Crippen LogP contribution in [-0.2, 0) is 6.54 Å². The van der Waals surface area contributed by atoms with Crippen LogP contribution in [-0.4, -0.2) is 6.36 Å². The highest BCUT2D eigenvalue weighted by Gasteiger charge is 2.31. The predicted molar refractivity (Wildman–Crippen MR) is 106 cm³/mol. The van der Waals surface area contributed by atoms with Crippen LogP contribution >= 0.6 is 11.3 Å². The maximum Gasteiger partial charge on any atom is 0.573 e. The second-order valence-corrected chi connectivity index (χ2v) is 7.07. The topological polar surface area (TPSA) is 39.4 Å². The van der Waals surface area contributed by atoms with Gasteiger partial charge in [0.1, 0.15) is 5.75 Å². The van der Waals surface area contributed by atoms with E-state index in [1.54, 1.807) is 30.3 Å². The minimum absolute atomic E-state index is 0.274. The van der Waals surface area contributed by atoms with Crippen LogP contribution in [0.3, 0.4) is 0 Å². The van der Waals surface area contributed by atoms with E-state index in [1.807, 2.05) is 33.9 Å². The van der Waals surface area contributed by atoms with Crippen LogP contribution in [0.5, 0.6) is 5.75 Å². The summed E-state index contributed by atoms with van der Waals surface area (Å²) in [4.78, 5) is 1.98. The first-order chi connectivity index (χ1) is 13.9. The normalized spacial score (nSPS) is 11.6. The van der Waals surface area contributed by atoms with Crippen LogP contribution < -0.4 is 14.4 Å². The molecule has 4 nitrogen and oxygen atoms in total. The van der Waals surface area contributed by atoms with Gasteiger partial charge in [-0.25, -0.2) is 0 Å². The van der Waals surface area contributed by atoms with E-state index in [9.17, 15) is 18.4 Å². The molecule has 0 bridgehead atoms. The maximum absolute atomic E-state index is 12.4. The number of anilines is 2. The standard InChI is InChI=1S/C21H15F3N2O2S/c22-21(23,24)28-18-7-5-16(6-8-18)25(17-10-12-29-14-17)13-15-9-11-26(27)20-4-2-1-3-19(15)20/h1-12,14H,13H2. The van der Waals surface area contributed by atoms with Gasteiger partial charge in [-0.1, -0.05) is 12.1 Å². The lowest BCUT2D eigenvalue weighted by molar-refractivity contribution is -0.577. The van der Waals surface area contributed by atoms with Gasteiger partial charge in [0.05, 0.1) is 11.1 Å². The quantitative estimate of drug-likeness (QED) is 0.306. The lowest BCUT2D eigenvalue weighted by Crippen LogP contribution is -2.27. The summed E-state index contributed by atoms with van der Waals surface area (Å²) in [6, 6.07) is 16.7. The number of nitrogens with zero attached hydrogens (tertiary/aromatic N) is 2. The number of halogens is 3. The van der Waals surface area contributed by atoms with Gasteiger partial charge in [-0.3, -0.25) is 0 Å². The molecule has 0 atom stereocenters. The van der Waals surface area contributed by atoms with Gasteiger partial charge in [-0.05, 0) is 47.3 Å². The van der Waals surface area contributed by atoms with E-state index in [1.165, 1.54) is 29.7 Å². The molecule has 0 amide bonds. The third kappa shape index (κ3) is 4.27. The van der Waals surface area contributed by atoms with Crippen LogP contribution in [0.2, 0.25) is 0 Å². The molecule has 0 unspecified atom stereocenters. The molecule has 0 saturated carbocycles. The highest BCUT2D eigenvalue weighted by molar-refractivity contribution is 7.08. The van der Waals surface area contributed by atoms with Crippen molar-refractivity contribution in [3.63, 3.8) is 0 Å². The van der Waals surface area contributed by atoms with Gasteiger partial charge in [-0.15, -0.1) is 13.2 Å². The summed E-state index contributed by atoms with van der Waals surface area (Å²) >= 11 is 1.52. The van der Waals surface area contributed by atoms with Gasteiger partial charge >= 0.3 is 6.36 Å². The fourth-order valence-electron chi connectivity index (χ4n) is 3.14. The van der Waals surface area contributed by atoms with Gasteiger partial charge in [-0.2, -0.15) is 16.1 Å². The van der Waals surface area contributed by atoms with Crippen molar-refractivity contribution in [1.29, 1.82) is 0 Å². The van der Waals surface area contributed by atoms with Crippen LogP contribution in [0, 0.1) is 5.21 Å². The third-order valence-electron chi connectivity index (χ3n) is 4.43. The average Bonchev–Trinajstić information content (AvgIpc) is 3.22. The fraction of sp³-hybridized carbons (Fsp3) is 0.0952. The number of hydrogen-bond acceptors (Lipinski definition) is 4. The SMILES string of the molecule is [O-][n+]1ccc(CN(c2ccc(OC(F)(F)F)cc2)c2ccsc2)c2ccccc21. The Kier molecular flexibility index (Phi) is 5.02. The zero-order valence-electron chi connectivity index (χ0n) is 15.0. The molecule has 29 heavy (non-hydrogen) atoms. The Morgan fingerprint density at radius 2 is 1.72 bits per heavy atom. The molecule has 0 saturated heterocycles. The molecule has 2 aromatic carbocycles. The smallest absolute Gasteiger partial charge is 0.573 e. The minimum Gasteiger partial charge on any atom is -0.618 e. The van der Waals surface area contributed by atoms with Crippen molar-refractivity contribution in [3.05, 3.63) is 88.4 Å². The molecule has 8 heteroatoms. The molecule has 2 aromatic heterocycles. The number of para-hydroxylation sites is 1. The number of hydrogen-bond donors (Lipinski definition) is 0. The van der Waals surface area contributed by atoms with Crippen molar-refractivity contribution in [2.75, 3.05) is 4.90 Å². The molecule has 0 aliphatic carbocycles.